The zero-order chi connectivity index (χ0) is 25.5. The summed E-state index contributed by atoms with van der Waals surface area (Å²) in [5.74, 6) is -0.203. The van der Waals surface area contributed by atoms with E-state index in [0.29, 0.717) is 26.2 Å². The molecule has 3 aliphatic heterocycles. The number of esters is 1. The van der Waals surface area contributed by atoms with E-state index in [9.17, 15) is 19.5 Å². The lowest BCUT2D eigenvalue weighted by Crippen LogP contribution is -2.57. The summed E-state index contributed by atoms with van der Waals surface area (Å²) in [5.41, 5.74) is 0.843. The van der Waals surface area contributed by atoms with Gasteiger partial charge in [-0.1, -0.05) is 36.4 Å². The summed E-state index contributed by atoms with van der Waals surface area (Å²) < 4.78 is 4.69. The van der Waals surface area contributed by atoms with Crippen LogP contribution in [0.5, 0.6) is 0 Å². The third-order valence-corrected chi connectivity index (χ3v) is 12.5. The molecule has 5 rings (SSSR count). The number of aromatic nitrogens is 1. The van der Waals surface area contributed by atoms with Gasteiger partial charge in [0, 0.05) is 37.1 Å². The van der Waals surface area contributed by atoms with Crippen LogP contribution in [0.15, 0.2) is 54.7 Å². The molecular formula is C26H32N4O5S. The van der Waals surface area contributed by atoms with Crippen LogP contribution >= 0.6 is 10.0 Å². The molecule has 1 unspecified atom stereocenters. The van der Waals surface area contributed by atoms with Crippen molar-refractivity contribution in [2.45, 2.75) is 43.0 Å². The molecule has 3 atom stereocenters. The summed E-state index contributed by atoms with van der Waals surface area (Å²) in [4.78, 5) is 50.0. The molecule has 192 valence electrons. The van der Waals surface area contributed by atoms with E-state index in [1.54, 1.807) is 11.1 Å². The molecule has 0 saturated carbocycles. The van der Waals surface area contributed by atoms with E-state index >= 15 is 0 Å². The topological polar surface area (TPSA) is 103 Å². The number of fused-ring (bicyclic) bond motifs is 1. The fourth-order valence-corrected chi connectivity index (χ4v) is 9.98. The van der Waals surface area contributed by atoms with Gasteiger partial charge in [-0.15, -0.1) is 10.0 Å². The Balaban J connectivity index is 1.36. The molecule has 0 aliphatic carbocycles. The van der Waals surface area contributed by atoms with Crippen LogP contribution in [-0.4, -0.2) is 85.3 Å². The number of piperazine rings is 1. The van der Waals surface area contributed by atoms with Crippen molar-refractivity contribution in [1.82, 2.24) is 14.8 Å². The van der Waals surface area contributed by atoms with Crippen LogP contribution in [0.2, 0.25) is 0 Å². The highest BCUT2D eigenvalue weighted by Crippen LogP contribution is 2.74. The number of hydrogen-bond acceptors (Lipinski definition) is 7. The average molecular weight is 513 g/mol. The van der Waals surface area contributed by atoms with Crippen LogP contribution < -0.4 is 4.90 Å². The lowest BCUT2D eigenvalue weighted by molar-refractivity contribution is -0.162. The summed E-state index contributed by atoms with van der Waals surface area (Å²) in [7, 11) is -2.48. The summed E-state index contributed by atoms with van der Waals surface area (Å²) >= 11 is 0. The summed E-state index contributed by atoms with van der Waals surface area (Å²) in [5, 5.41) is 10.2. The summed E-state index contributed by atoms with van der Waals surface area (Å²) in [6.07, 6.45) is 1.92. The Bertz CT molecular complexity index is 1140. The maximum absolute atomic E-state index is 14.1. The fraction of sp³-hybridized carbons (Fsp3) is 0.462. The van der Waals surface area contributed by atoms with Gasteiger partial charge in [-0.25, -0.2) is 9.78 Å². The molecule has 2 amide bonds. The molecule has 4 heterocycles. The van der Waals surface area contributed by atoms with Gasteiger partial charge in [-0.2, -0.15) is 0 Å². The Morgan fingerprint density at radius 2 is 1.78 bits per heavy atom. The van der Waals surface area contributed by atoms with Crippen molar-refractivity contribution in [3.63, 3.8) is 0 Å². The molecule has 0 bridgehead atoms. The smallest absolute Gasteiger partial charge is 0.330 e. The fourth-order valence-electron chi connectivity index (χ4n) is 5.68. The minimum absolute atomic E-state index is 0.0871. The number of β-lactam (4-membered cyclic amide) rings is 1. The molecule has 36 heavy (non-hydrogen) atoms. The predicted molar refractivity (Wildman–Crippen MR) is 137 cm³/mol. The first-order valence-electron chi connectivity index (χ1n) is 12.2. The van der Waals surface area contributed by atoms with E-state index in [2.05, 4.69) is 9.88 Å². The molecule has 3 saturated heterocycles. The number of pyridine rings is 1. The van der Waals surface area contributed by atoms with E-state index < -0.39 is 32.2 Å². The highest BCUT2D eigenvalue weighted by molar-refractivity contribution is 8.46. The molecule has 1 N–H and O–H groups in total. The second-order valence-corrected chi connectivity index (χ2v) is 13.7. The van der Waals surface area contributed by atoms with E-state index in [-0.39, 0.29) is 30.1 Å². The summed E-state index contributed by atoms with van der Waals surface area (Å²) in [6, 6.07) is 14.2. The number of carbonyl (C=O) groups is 3. The van der Waals surface area contributed by atoms with E-state index in [0.717, 1.165) is 11.4 Å². The average Bonchev–Trinajstić information content (AvgIpc) is 3.07. The van der Waals surface area contributed by atoms with Crippen molar-refractivity contribution in [2.24, 2.45) is 0 Å². The molecule has 0 radical (unpaired) electrons. The highest BCUT2D eigenvalue weighted by Gasteiger charge is 2.72. The van der Waals surface area contributed by atoms with Gasteiger partial charge in [0.05, 0.1) is 17.7 Å². The van der Waals surface area contributed by atoms with Crippen molar-refractivity contribution in [3.8, 4) is 0 Å². The third kappa shape index (κ3) is 3.74. The molecular weight excluding hydrogens is 480 g/mol. The number of hydrogen-bond donors (Lipinski definition) is 1. The number of aliphatic hydroxyl groups excluding tert-OH is 1. The molecule has 10 heteroatoms. The van der Waals surface area contributed by atoms with Gasteiger partial charge in [0.15, 0.2) is 0 Å². The molecule has 0 spiro atoms. The quantitative estimate of drug-likeness (QED) is 0.485. The van der Waals surface area contributed by atoms with Gasteiger partial charge >= 0.3 is 5.97 Å². The molecule has 9 nitrogen and oxygen atoms in total. The number of rotatable bonds is 5. The lowest BCUT2D eigenvalue weighted by atomic mass is 9.98. The second-order valence-electron chi connectivity index (χ2n) is 9.91. The second kappa shape index (κ2) is 9.40. The number of anilines is 1. The van der Waals surface area contributed by atoms with Crippen LogP contribution in [0.4, 0.5) is 10.6 Å². The van der Waals surface area contributed by atoms with Crippen LogP contribution in [0.3, 0.4) is 0 Å². The number of aliphatic hydroxyl groups is 1. The van der Waals surface area contributed by atoms with Crippen molar-refractivity contribution >= 4 is 33.0 Å². The third-order valence-electron chi connectivity index (χ3n) is 7.76. The molecule has 3 aliphatic rings. The first kappa shape index (κ1) is 24.6. The molecule has 3 fully saturated rings. The van der Waals surface area contributed by atoms with Crippen LogP contribution in [0, 0.1) is 0 Å². The molecule has 1 aromatic heterocycles. The minimum Gasteiger partial charge on any atom is -0.459 e. The van der Waals surface area contributed by atoms with Gasteiger partial charge in [0.2, 0.25) is 5.91 Å². The van der Waals surface area contributed by atoms with Crippen LogP contribution in [0.25, 0.3) is 0 Å². The maximum Gasteiger partial charge on any atom is 0.330 e. The zero-order valence-electron chi connectivity index (χ0n) is 20.6. The van der Waals surface area contributed by atoms with E-state index in [1.165, 1.54) is 4.90 Å². The highest BCUT2D eigenvalue weighted by atomic mass is 32.3. The Hall–Kier alpha value is -3.11. The van der Waals surface area contributed by atoms with Crippen molar-refractivity contribution in [1.29, 1.82) is 0 Å². The van der Waals surface area contributed by atoms with Gasteiger partial charge in [-0.05, 0) is 31.5 Å². The zero-order valence-corrected chi connectivity index (χ0v) is 21.4. The predicted octanol–water partition coefficient (Wildman–Crippen LogP) is 2.54. The van der Waals surface area contributed by atoms with E-state index in [1.807, 2.05) is 62.4 Å². The van der Waals surface area contributed by atoms with Gasteiger partial charge in [-0.3, -0.25) is 9.59 Å². The number of ether oxygens (including phenoxy) is 1. The Morgan fingerprint density at radius 1 is 1.08 bits per heavy atom. The number of carbonyl (C=O) groups excluding carboxylic acids is 3. The Morgan fingerprint density at radius 3 is 2.39 bits per heavy atom. The first-order chi connectivity index (χ1) is 17.3. The van der Waals surface area contributed by atoms with Gasteiger partial charge in [0.25, 0.3) is 5.24 Å². The molecule has 2 aromatic rings. The molecule has 1 aromatic carbocycles. The standard InChI is InChI=1S/C26H32N4O5S/c1-26(2)23(24(33)35-17-19-8-4-3-5-9-19)30-21(32)16-22(30)36(26,18-31)25(34)29-14-12-28(13-15-29)20-10-6-7-11-27-20/h3-11,22-23,31H,12-18H2,1-2H3/t22-,23+/m1/s1. The Kier molecular flexibility index (Phi) is 6.42. The number of benzene rings is 1. The lowest BCUT2D eigenvalue weighted by Gasteiger charge is -2.52. The minimum atomic E-state index is -2.48. The maximum atomic E-state index is 14.1. The van der Waals surface area contributed by atoms with Crippen molar-refractivity contribution < 1.29 is 24.2 Å². The monoisotopic (exact) mass is 512 g/mol. The van der Waals surface area contributed by atoms with Crippen LogP contribution in [-0.2, 0) is 20.9 Å². The Labute approximate surface area is 212 Å². The normalized spacial score (nSPS) is 28.6. The number of nitrogens with zero attached hydrogens (tertiary/aromatic N) is 4. The summed E-state index contributed by atoms with van der Waals surface area (Å²) in [6.45, 7) is 5.99. The first-order valence-corrected chi connectivity index (χ1v) is 14.0. The van der Waals surface area contributed by atoms with Gasteiger partial charge in [0.1, 0.15) is 18.5 Å². The SMILES string of the molecule is CC1(C)[C@H](C(=O)OCc2ccccc2)N2C(=O)C[C@H]2S1(CO)C(=O)N1CCN(c2ccccn2)CC1. The number of amides is 2. The van der Waals surface area contributed by atoms with Crippen molar-refractivity contribution in [2.75, 3.05) is 37.0 Å². The van der Waals surface area contributed by atoms with Gasteiger partial charge < -0.3 is 24.5 Å². The largest absolute Gasteiger partial charge is 0.459 e. The van der Waals surface area contributed by atoms with Crippen molar-refractivity contribution in [3.05, 3.63) is 60.3 Å². The van der Waals surface area contributed by atoms with E-state index in [4.69, 9.17) is 4.74 Å². The van der Waals surface area contributed by atoms with Crippen LogP contribution in [0.1, 0.15) is 25.8 Å².